The van der Waals surface area contributed by atoms with E-state index in [0.29, 0.717) is 18.6 Å². The second-order valence-electron chi connectivity index (χ2n) is 4.66. The van der Waals surface area contributed by atoms with Crippen LogP contribution in [-0.2, 0) is 17.8 Å². The summed E-state index contributed by atoms with van der Waals surface area (Å²) in [6.45, 7) is 0.165. The van der Waals surface area contributed by atoms with Gasteiger partial charge in [0, 0.05) is 6.42 Å². The molecule has 0 aliphatic carbocycles. The number of benzene rings is 1. The Labute approximate surface area is 127 Å². The number of hydrogen-bond acceptors (Lipinski definition) is 4. The Balaban J connectivity index is 1.81. The highest BCUT2D eigenvalue weighted by Crippen LogP contribution is 2.18. The van der Waals surface area contributed by atoms with Crippen LogP contribution in [0, 0.1) is 0 Å². The summed E-state index contributed by atoms with van der Waals surface area (Å²) in [7, 11) is 1.59. The van der Waals surface area contributed by atoms with Gasteiger partial charge in [-0.3, -0.25) is 4.79 Å². The zero-order chi connectivity index (χ0) is 15.9. The number of nitrogens with one attached hydrogen (secondary N) is 1. The van der Waals surface area contributed by atoms with Gasteiger partial charge in [0.05, 0.1) is 13.7 Å². The molecule has 0 saturated carbocycles. The number of para-hydroxylation sites is 1. The van der Waals surface area contributed by atoms with E-state index in [1.807, 2.05) is 24.3 Å². The molecule has 0 atom stereocenters. The van der Waals surface area contributed by atoms with Crippen molar-refractivity contribution < 1.29 is 23.8 Å². The Kier molecular flexibility index (Phi) is 5.19. The number of rotatable bonds is 7. The van der Waals surface area contributed by atoms with Crippen molar-refractivity contribution in [1.82, 2.24) is 5.32 Å². The summed E-state index contributed by atoms with van der Waals surface area (Å²) in [5.41, 5.74) is 0.964. The molecule has 1 amide bonds. The topological polar surface area (TPSA) is 88.8 Å². The number of methoxy groups -OCH3 is 1. The highest BCUT2D eigenvalue weighted by atomic mass is 16.5. The van der Waals surface area contributed by atoms with Crippen LogP contribution >= 0.6 is 0 Å². The fourth-order valence-electron chi connectivity index (χ4n) is 2.02. The number of aryl methyl sites for hydroxylation is 1. The lowest BCUT2D eigenvalue weighted by Crippen LogP contribution is -2.22. The van der Waals surface area contributed by atoms with Crippen LogP contribution in [0.5, 0.6) is 5.75 Å². The van der Waals surface area contributed by atoms with Crippen LogP contribution < -0.4 is 10.1 Å². The van der Waals surface area contributed by atoms with E-state index in [9.17, 15) is 9.59 Å². The standard InChI is InChI=1S/C16H17NO5/c1-21-13-5-3-2-4-11(13)6-9-15(18)17-10-12-7-8-14(22-12)16(19)20/h2-5,7-8H,6,9-10H2,1H3,(H,17,18)(H,19,20). The molecule has 0 aliphatic heterocycles. The van der Waals surface area contributed by atoms with Crippen LogP contribution in [0.15, 0.2) is 40.8 Å². The first-order chi connectivity index (χ1) is 10.6. The molecule has 1 aromatic carbocycles. The van der Waals surface area contributed by atoms with Gasteiger partial charge in [-0.25, -0.2) is 4.79 Å². The Bertz CT molecular complexity index is 662. The SMILES string of the molecule is COc1ccccc1CCC(=O)NCc1ccc(C(=O)O)o1. The molecule has 2 aromatic rings. The van der Waals surface area contributed by atoms with Gasteiger partial charge in [0.2, 0.25) is 11.7 Å². The van der Waals surface area contributed by atoms with Gasteiger partial charge in [-0.1, -0.05) is 18.2 Å². The first-order valence-corrected chi connectivity index (χ1v) is 6.80. The van der Waals surface area contributed by atoms with Crippen molar-refractivity contribution in [2.75, 3.05) is 7.11 Å². The normalized spacial score (nSPS) is 10.2. The molecule has 0 spiro atoms. The minimum atomic E-state index is -1.13. The van der Waals surface area contributed by atoms with Gasteiger partial charge in [-0.05, 0) is 30.2 Å². The molecular weight excluding hydrogens is 286 g/mol. The number of carbonyl (C=O) groups excluding carboxylic acids is 1. The van der Waals surface area contributed by atoms with Crippen molar-refractivity contribution in [2.45, 2.75) is 19.4 Å². The van der Waals surface area contributed by atoms with Crippen molar-refractivity contribution in [3.63, 3.8) is 0 Å². The summed E-state index contributed by atoms with van der Waals surface area (Å²) in [5, 5.41) is 11.4. The molecule has 1 aromatic heterocycles. The molecule has 0 radical (unpaired) electrons. The third-order valence-electron chi connectivity index (χ3n) is 3.15. The maximum absolute atomic E-state index is 11.8. The molecule has 1 heterocycles. The number of furan rings is 1. The van der Waals surface area contributed by atoms with E-state index in [1.54, 1.807) is 7.11 Å². The number of carboxylic acid groups (broad SMARTS) is 1. The Morgan fingerprint density at radius 3 is 2.68 bits per heavy atom. The van der Waals surface area contributed by atoms with Crippen molar-refractivity contribution in [2.24, 2.45) is 0 Å². The molecule has 0 fully saturated rings. The first-order valence-electron chi connectivity index (χ1n) is 6.80. The number of carboxylic acids is 1. The van der Waals surface area contributed by atoms with Gasteiger partial charge in [0.25, 0.3) is 0 Å². The number of carbonyl (C=O) groups is 2. The highest BCUT2D eigenvalue weighted by Gasteiger charge is 2.10. The van der Waals surface area contributed by atoms with Crippen molar-refractivity contribution in [1.29, 1.82) is 0 Å². The molecule has 0 bridgehead atoms. The summed E-state index contributed by atoms with van der Waals surface area (Å²) < 4.78 is 10.3. The van der Waals surface area contributed by atoms with Crippen LogP contribution in [0.1, 0.15) is 28.3 Å². The molecule has 116 valence electrons. The third kappa shape index (κ3) is 4.12. The van der Waals surface area contributed by atoms with Crippen LogP contribution in [-0.4, -0.2) is 24.1 Å². The smallest absolute Gasteiger partial charge is 0.371 e. The van der Waals surface area contributed by atoms with E-state index >= 15 is 0 Å². The zero-order valence-corrected chi connectivity index (χ0v) is 12.2. The Hall–Kier alpha value is -2.76. The second-order valence-corrected chi connectivity index (χ2v) is 4.66. The van der Waals surface area contributed by atoms with E-state index in [-0.39, 0.29) is 18.2 Å². The number of hydrogen-bond donors (Lipinski definition) is 2. The van der Waals surface area contributed by atoms with E-state index in [2.05, 4.69) is 5.32 Å². The van der Waals surface area contributed by atoms with Gasteiger partial charge in [-0.15, -0.1) is 0 Å². The van der Waals surface area contributed by atoms with Crippen molar-refractivity contribution in [3.05, 3.63) is 53.5 Å². The summed E-state index contributed by atoms with van der Waals surface area (Å²) in [5.74, 6) is -0.248. The van der Waals surface area contributed by atoms with Gasteiger partial charge in [0.1, 0.15) is 11.5 Å². The first kappa shape index (κ1) is 15.6. The van der Waals surface area contributed by atoms with E-state index in [0.717, 1.165) is 11.3 Å². The molecule has 0 aliphatic rings. The van der Waals surface area contributed by atoms with Crippen LogP contribution in [0.25, 0.3) is 0 Å². The second kappa shape index (κ2) is 7.31. The van der Waals surface area contributed by atoms with Crippen LogP contribution in [0.3, 0.4) is 0 Å². The summed E-state index contributed by atoms with van der Waals surface area (Å²) in [6.07, 6.45) is 0.876. The molecule has 2 rings (SSSR count). The number of aromatic carboxylic acids is 1. The summed E-state index contributed by atoms with van der Waals surface area (Å²) >= 11 is 0. The van der Waals surface area contributed by atoms with Gasteiger partial charge < -0.3 is 19.6 Å². The van der Waals surface area contributed by atoms with Gasteiger partial charge in [-0.2, -0.15) is 0 Å². The van der Waals surface area contributed by atoms with E-state index in [4.69, 9.17) is 14.3 Å². The monoisotopic (exact) mass is 303 g/mol. The fourth-order valence-corrected chi connectivity index (χ4v) is 2.02. The van der Waals surface area contributed by atoms with E-state index < -0.39 is 5.97 Å². The van der Waals surface area contributed by atoms with Crippen molar-refractivity contribution >= 4 is 11.9 Å². The summed E-state index contributed by atoms with van der Waals surface area (Å²) in [6, 6.07) is 10.4. The molecule has 0 unspecified atom stereocenters. The largest absolute Gasteiger partial charge is 0.496 e. The van der Waals surface area contributed by atoms with Gasteiger partial charge in [0.15, 0.2) is 0 Å². The quantitative estimate of drug-likeness (QED) is 0.819. The molecule has 0 saturated heterocycles. The predicted octanol–water partition coefficient (Wildman–Crippen LogP) is 2.24. The molecule has 2 N–H and O–H groups in total. The Morgan fingerprint density at radius 2 is 2.00 bits per heavy atom. The highest BCUT2D eigenvalue weighted by molar-refractivity contribution is 5.84. The Morgan fingerprint density at radius 1 is 1.23 bits per heavy atom. The average Bonchev–Trinajstić information content (AvgIpc) is 3.00. The van der Waals surface area contributed by atoms with E-state index in [1.165, 1.54) is 12.1 Å². The minimum Gasteiger partial charge on any atom is -0.496 e. The fraction of sp³-hybridized carbons (Fsp3) is 0.250. The van der Waals surface area contributed by atoms with Crippen LogP contribution in [0.2, 0.25) is 0 Å². The van der Waals surface area contributed by atoms with Crippen LogP contribution in [0.4, 0.5) is 0 Å². The maximum atomic E-state index is 11.8. The maximum Gasteiger partial charge on any atom is 0.371 e. The molecule has 22 heavy (non-hydrogen) atoms. The van der Waals surface area contributed by atoms with Gasteiger partial charge >= 0.3 is 5.97 Å². The average molecular weight is 303 g/mol. The third-order valence-corrected chi connectivity index (χ3v) is 3.15. The number of amides is 1. The lowest BCUT2D eigenvalue weighted by Gasteiger charge is -2.08. The predicted molar refractivity (Wildman–Crippen MR) is 78.8 cm³/mol. The van der Waals surface area contributed by atoms with Crippen molar-refractivity contribution in [3.8, 4) is 5.75 Å². The molecule has 6 heteroatoms. The molecule has 6 nitrogen and oxygen atoms in total. The molecular formula is C16H17NO5. The lowest BCUT2D eigenvalue weighted by molar-refractivity contribution is -0.121. The zero-order valence-electron chi connectivity index (χ0n) is 12.2. The summed E-state index contributed by atoms with van der Waals surface area (Å²) in [4.78, 5) is 22.5. The lowest BCUT2D eigenvalue weighted by atomic mass is 10.1. The minimum absolute atomic E-state index is 0.140. The number of ether oxygens (including phenoxy) is 1.